The van der Waals surface area contributed by atoms with Gasteiger partial charge in [-0.1, -0.05) is 50.6 Å². The third-order valence-corrected chi connectivity index (χ3v) is 3.67. The molecule has 0 aromatic heterocycles. The van der Waals surface area contributed by atoms with Crippen LogP contribution in [0.3, 0.4) is 0 Å². The Bertz CT molecular complexity index is 500. The summed E-state index contributed by atoms with van der Waals surface area (Å²) in [6, 6.07) is 7.67. The van der Waals surface area contributed by atoms with E-state index in [1.165, 1.54) is 0 Å². The van der Waals surface area contributed by atoms with Crippen molar-refractivity contribution < 1.29 is 9.59 Å². The van der Waals surface area contributed by atoms with Crippen molar-refractivity contribution >= 4 is 11.8 Å². The van der Waals surface area contributed by atoms with Crippen molar-refractivity contribution in [3.05, 3.63) is 35.4 Å². The normalized spacial score (nSPS) is 11.8. The zero-order valence-electron chi connectivity index (χ0n) is 14.2. The highest BCUT2D eigenvalue weighted by atomic mass is 16.2. The molecular weight excluding hydrogens is 276 g/mol. The van der Waals surface area contributed by atoms with Gasteiger partial charge in [0.15, 0.2) is 0 Å². The van der Waals surface area contributed by atoms with E-state index in [1.54, 1.807) is 4.90 Å². The molecule has 0 aliphatic heterocycles. The molecule has 22 heavy (non-hydrogen) atoms. The quantitative estimate of drug-likeness (QED) is 0.802. The van der Waals surface area contributed by atoms with Gasteiger partial charge >= 0.3 is 0 Å². The van der Waals surface area contributed by atoms with Crippen LogP contribution in [0.2, 0.25) is 0 Å². The first-order valence-corrected chi connectivity index (χ1v) is 8.16. The first kappa shape index (κ1) is 18.2. The van der Waals surface area contributed by atoms with Crippen LogP contribution in [-0.2, 0) is 16.1 Å². The Morgan fingerprint density at radius 1 is 1.23 bits per heavy atom. The number of aryl methyl sites for hydroxylation is 1. The molecule has 0 saturated carbocycles. The monoisotopic (exact) mass is 304 g/mol. The lowest BCUT2D eigenvalue weighted by Gasteiger charge is -2.30. The fraction of sp³-hybridized carbons (Fsp3) is 0.556. The van der Waals surface area contributed by atoms with Crippen LogP contribution in [0.15, 0.2) is 24.3 Å². The van der Waals surface area contributed by atoms with Crippen LogP contribution in [0.5, 0.6) is 0 Å². The molecule has 0 aliphatic carbocycles. The number of carbonyl (C=O) groups is 2. The van der Waals surface area contributed by atoms with Gasteiger partial charge in [0.1, 0.15) is 6.04 Å². The molecule has 1 unspecified atom stereocenters. The average Bonchev–Trinajstić information content (AvgIpc) is 2.51. The number of benzene rings is 1. The van der Waals surface area contributed by atoms with Crippen LogP contribution in [0.1, 0.15) is 51.2 Å². The molecule has 4 heteroatoms. The standard InChI is InChI=1S/C18H28N2O2/c1-5-11-19-18(22)16(6-2)20(17(21)7-3)13-15-10-8-9-14(4)12-15/h8-10,12,16H,5-7,11,13H2,1-4H3,(H,19,22). The third-order valence-electron chi connectivity index (χ3n) is 3.67. The van der Waals surface area contributed by atoms with E-state index in [9.17, 15) is 9.59 Å². The first-order chi connectivity index (χ1) is 10.5. The average molecular weight is 304 g/mol. The Hall–Kier alpha value is -1.84. The molecule has 0 bridgehead atoms. The van der Waals surface area contributed by atoms with Gasteiger partial charge in [-0.15, -0.1) is 0 Å². The van der Waals surface area contributed by atoms with Gasteiger partial charge in [0.05, 0.1) is 0 Å². The molecule has 1 aromatic rings. The van der Waals surface area contributed by atoms with Crippen LogP contribution in [0.4, 0.5) is 0 Å². The summed E-state index contributed by atoms with van der Waals surface area (Å²) in [5.41, 5.74) is 2.22. The maximum Gasteiger partial charge on any atom is 0.242 e. The van der Waals surface area contributed by atoms with E-state index in [4.69, 9.17) is 0 Å². The summed E-state index contributed by atoms with van der Waals surface area (Å²) in [5.74, 6) is -0.0428. The van der Waals surface area contributed by atoms with Crippen molar-refractivity contribution in [2.24, 2.45) is 0 Å². The molecule has 1 rings (SSSR count). The van der Waals surface area contributed by atoms with Crippen LogP contribution in [0, 0.1) is 6.92 Å². The predicted molar refractivity (Wildman–Crippen MR) is 89.4 cm³/mol. The predicted octanol–water partition coefficient (Wildman–Crippen LogP) is 3.04. The molecular formula is C18H28N2O2. The van der Waals surface area contributed by atoms with E-state index < -0.39 is 6.04 Å². The second-order valence-electron chi connectivity index (χ2n) is 5.58. The second kappa shape index (κ2) is 9.23. The van der Waals surface area contributed by atoms with Crippen LogP contribution in [0.25, 0.3) is 0 Å². The van der Waals surface area contributed by atoms with Gasteiger partial charge < -0.3 is 10.2 Å². The van der Waals surface area contributed by atoms with Gasteiger partial charge in [-0.05, 0) is 25.3 Å². The minimum Gasteiger partial charge on any atom is -0.354 e. The molecule has 122 valence electrons. The maximum atomic E-state index is 12.3. The Morgan fingerprint density at radius 3 is 2.50 bits per heavy atom. The molecule has 1 atom stereocenters. The van der Waals surface area contributed by atoms with E-state index in [-0.39, 0.29) is 11.8 Å². The Labute approximate surface area is 133 Å². The van der Waals surface area contributed by atoms with Gasteiger partial charge in [0.2, 0.25) is 11.8 Å². The van der Waals surface area contributed by atoms with E-state index in [0.29, 0.717) is 25.9 Å². The van der Waals surface area contributed by atoms with Crippen molar-refractivity contribution in [2.45, 2.75) is 59.5 Å². The van der Waals surface area contributed by atoms with Crippen LogP contribution >= 0.6 is 0 Å². The number of rotatable bonds is 8. The largest absolute Gasteiger partial charge is 0.354 e. The summed E-state index contributed by atoms with van der Waals surface area (Å²) in [6.45, 7) is 8.95. The lowest BCUT2D eigenvalue weighted by Crippen LogP contribution is -2.49. The number of amides is 2. The first-order valence-electron chi connectivity index (χ1n) is 8.16. The Balaban J connectivity index is 2.94. The third kappa shape index (κ3) is 5.17. The van der Waals surface area contributed by atoms with Crippen molar-refractivity contribution in [3.63, 3.8) is 0 Å². The fourth-order valence-electron chi connectivity index (χ4n) is 2.50. The lowest BCUT2D eigenvalue weighted by atomic mass is 10.1. The molecule has 0 radical (unpaired) electrons. The molecule has 0 fully saturated rings. The summed E-state index contributed by atoms with van der Waals surface area (Å²) in [4.78, 5) is 26.4. The van der Waals surface area contributed by atoms with Gasteiger partial charge in [0.25, 0.3) is 0 Å². The number of hydrogen-bond acceptors (Lipinski definition) is 2. The SMILES string of the molecule is CCCNC(=O)C(CC)N(Cc1cccc(C)c1)C(=O)CC. The smallest absolute Gasteiger partial charge is 0.242 e. The zero-order chi connectivity index (χ0) is 16.5. The van der Waals surface area contributed by atoms with Crippen LogP contribution < -0.4 is 5.32 Å². The maximum absolute atomic E-state index is 12.3. The molecule has 4 nitrogen and oxygen atoms in total. The van der Waals surface area contributed by atoms with Gasteiger partial charge in [0, 0.05) is 19.5 Å². The number of nitrogens with one attached hydrogen (secondary N) is 1. The Morgan fingerprint density at radius 2 is 1.95 bits per heavy atom. The molecule has 1 N–H and O–H groups in total. The topological polar surface area (TPSA) is 49.4 Å². The summed E-state index contributed by atoms with van der Waals surface area (Å²) in [6.07, 6.45) is 1.91. The van der Waals surface area contributed by atoms with Gasteiger partial charge in [-0.2, -0.15) is 0 Å². The highest BCUT2D eigenvalue weighted by Gasteiger charge is 2.27. The summed E-state index contributed by atoms with van der Waals surface area (Å²) < 4.78 is 0. The highest BCUT2D eigenvalue weighted by molar-refractivity contribution is 5.87. The molecule has 0 saturated heterocycles. The van der Waals surface area contributed by atoms with Crippen LogP contribution in [-0.4, -0.2) is 29.3 Å². The van der Waals surface area contributed by atoms with E-state index in [1.807, 2.05) is 45.9 Å². The fourth-order valence-corrected chi connectivity index (χ4v) is 2.50. The lowest BCUT2D eigenvalue weighted by molar-refractivity contribution is -0.141. The minimum absolute atomic E-state index is 0.0139. The zero-order valence-corrected chi connectivity index (χ0v) is 14.2. The van der Waals surface area contributed by atoms with Crippen molar-refractivity contribution in [1.82, 2.24) is 10.2 Å². The summed E-state index contributed by atoms with van der Waals surface area (Å²) in [5, 5.41) is 2.91. The molecule has 0 spiro atoms. The van der Waals surface area contributed by atoms with E-state index in [0.717, 1.165) is 17.5 Å². The van der Waals surface area contributed by atoms with Gasteiger partial charge in [-0.3, -0.25) is 9.59 Å². The van der Waals surface area contributed by atoms with Gasteiger partial charge in [-0.25, -0.2) is 0 Å². The summed E-state index contributed by atoms with van der Waals surface area (Å²) in [7, 11) is 0. The molecule has 2 amide bonds. The Kier molecular flexibility index (Phi) is 7.64. The van der Waals surface area contributed by atoms with Crippen molar-refractivity contribution in [2.75, 3.05) is 6.54 Å². The minimum atomic E-state index is -0.403. The van der Waals surface area contributed by atoms with E-state index in [2.05, 4.69) is 11.4 Å². The summed E-state index contributed by atoms with van der Waals surface area (Å²) >= 11 is 0. The number of carbonyl (C=O) groups excluding carboxylic acids is 2. The highest BCUT2D eigenvalue weighted by Crippen LogP contribution is 2.14. The van der Waals surface area contributed by atoms with Crippen molar-refractivity contribution in [1.29, 1.82) is 0 Å². The van der Waals surface area contributed by atoms with Crippen molar-refractivity contribution in [3.8, 4) is 0 Å². The molecule has 0 heterocycles. The van der Waals surface area contributed by atoms with E-state index >= 15 is 0 Å². The number of nitrogens with zero attached hydrogens (tertiary/aromatic N) is 1. The number of hydrogen-bond donors (Lipinski definition) is 1. The molecule has 0 aliphatic rings. The molecule has 1 aromatic carbocycles. The second-order valence-corrected chi connectivity index (χ2v) is 5.58.